The summed E-state index contributed by atoms with van der Waals surface area (Å²) < 4.78 is 12.2. The molecule has 6 heteroatoms. The number of ether oxygens (including phenoxy) is 2. The maximum Gasteiger partial charge on any atom is 0.363 e. The second kappa shape index (κ2) is 9.02. The Labute approximate surface area is 193 Å². The standard InChI is InChI=1S/C24H17ClINO3/c1-15-5-2-3-7-17(15)14-29-19-8-4-6-16(11-19)12-22-24(28)30-23(27-22)20-13-18(26)9-10-21(20)25/h2-13H,14H2,1H3/b22-12-. The molecule has 4 rings (SSSR count). The van der Waals surface area contributed by atoms with Crippen molar-refractivity contribution in [3.63, 3.8) is 0 Å². The third-order valence-electron chi connectivity index (χ3n) is 4.60. The molecule has 0 unspecified atom stereocenters. The van der Waals surface area contributed by atoms with Crippen molar-refractivity contribution in [2.45, 2.75) is 13.5 Å². The van der Waals surface area contributed by atoms with E-state index in [9.17, 15) is 4.79 Å². The minimum absolute atomic E-state index is 0.210. The number of hydrogen-bond donors (Lipinski definition) is 0. The Kier molecular flexibility index (Phi) is 6.20. The van der Waals surface area contributed by atoms with Gasteiger partial charge in [-0.15, -0.1) is 0 Å². The summed E-state index contributed by atoms with van der Waals surface area (Å²) >= 11 is 8.41. The molecular weight excluding hydrogens is 513 g/mol. The summed E-state index contributed by atoms with van der Waals surface area (Å²) in [4.78, 5) is 16.7. The molecule has 0 aromatic heterocycles. The molecule has 0 N–H and O–H groups in total. The van der Waals surface area contributed by atoms with E-state index in [0.29, 0.717) is 22.9 Å². The number of rotatable bonds is 5. The van der Waals surface area contributed by atoms with Crippen LogP contribution in [-0.2, 0) is 16.1 Å². The van der Waals surface area contributed by atoms with E-state index in [4.69, 9.17) is 21.1 Å². The molecule has 0 radical (unpaired) electrons. The Bertz CT molecular complexity index is 1190. The molecule has 0 saturated heterocycles. The van der Waals surface area contributed by atoms with Gasteiger partial charge in [0.15, 0.2) is 5.70 Å². The van der Waals surface area contributed by atoms with Crippen LogP contribution in [0.5, 0.6) is 5.75 Å². The fourth-order valence-electron chi connectivity index (χ4n) is 2.97. The first kappa shape index (κ1) is 20.6. The summed E-state index contributed by atoms with van der Waals surface area (Å²) in [5, 5.41) is 0.481. The van der Waals surface area contributed by atoms with Gasteiger partial charge in [0.05, 0.1) is 10.6 Å². The topological polar surface area (TPSA) is 47.9 Å². The van der Waals surface area contributed by atoms with E-state index < -0.39 is 5.97 Å². The van der Waals surface area contributed by atoms with Crippen LogP contribution in [0.15, 0.2) is 77.4 Å². The van der Waals surface area contributed by atoms with E-state index in [-0.39, 0.29) is 11.6 Å². The summed E-state index contributed by atoms with van der Waals surface area (Å²) in [6.45, 7) is 2.53. The van der Waals surface area contributed by atoms with Crippen LogP contribution < -0.4 is 4.74 Å². The van der Waals surface area contributed by atoms with Gasteiger partial charge in [0.25, 0.3) is 0 Å². The first-order valence-electron chi connectivity index (χ1n) is 9.25. The fourth-order valence-corrected chi connectivity index (χ4v) is 3.66. The van der Waals surface area contributed by atoms with Crippen LogP contribution in [0.1, 0.15) is 22.3 Å². The minimum atomic E-state index is -0.508. The lowest BCUT2D eigenvalue weighted by Crippen LogP contribution is -2.06. The summed E-state index contributed by atoms with van der Waals surface area (Å²) in [6.07, 6.45) is 1.68. The van der Waals surface area contributed by atoms with Crippen molar-refractivity contribution in [3.05, 3.63) is 103 Å². The third kappa shape index (κ3) is 4.74. The first-order chi connectivity index (χ1) is 14.5. The zero-order valence-corrected chi connectivity index (χ0v) is 19.0. The highest BCUT2D eigenvalue weighted by atomic mass is 127. The normalized spacial score (nSPS) is 14.6. The predicted octanol–water partition coefficient (Wildman–Crippen LogP) is 6.18. The molecule has 0 fully saturated rings. The zero-order chi connectivity index (χ0) is 21.1. The highest BCUT2D eigenvalue weighted by Gasteiger charge is 2.25. The fraction of sp³-hybridized carbons (Fsp3) is 0.0833. The van der Waals surface area contributed by atoms with Crippen molar-refractivity contribution >= 4 is 52.1 Å². The van der Waals surface area contributed by atoms with Crippen LogP contribution in [0.2, 0.25) is 5.02 Å². The van der Waals surface area contributed by atoms with Crippen LogP contribution in [0.3, 0.4) is 0 Å². The number of aliphatic imine (C=N–C) groups is 1. The van der Waals surface area contributed by atoms with Crippen LogP contribution >= 0.6 is 34.2 Å². The first-order valence-corrected chi connectivity index (χ1v) is 10.7. The van der Waals surface area contributed by atoms with Crippen LogP contribution in [0.4, 0.5) is 0 Å². The second-order valence-electron chi connectivity index (χ2n) is 6.75. The molecule has 0 atom stereocenters. The maximum absolute atomic E-state index is 12.3. The average Bonchev–Trinajstić information content (AvgIpc) is 3.09. The molecule has 0 aliphatic carbocycles. The van der Waals surface area contributed by atoms with Gasteiger partial charge in [-0.05, 0) is 82.6 Å². The van der Waals surface area contributed by atoms with Gasteiger partial charge >= 0.3 is 5.97 Å². The molecule has 0 amide bonds. The predicted molar refractivity (Wildman–Crippen MR) is 127 cm³/mol. The number of halogens is 2. The van der Waals surface area contributed by atoms with Gasteiger partial charge in [0.1, 0.15) is 12.4 Å². The monoisotopic (exact) mass is 529 g/mol. The van der Waals surface area contributed by atoms with E-state index in [2.05, 4.69) is 40.6 Å². The molecule has 1 heterocycles. The molecule has 0 bridgehead atoms. The molecule has 1 aliphatic rings. The molecule has 0 saturated carbocycles. The number of carbonyl (C=O) groups is 1. The van der Waals surface area contributed by atoms with Gasteiger partial charge in [0.2, 0.25) is 5.90 Å². The quantitative estimate of drug-likeness (QED) is 0.225. The summed E-state index contributed by atoms with van der Waals surface area (Å²) in [5.41, 5.74) is 3.92. The number of cyclic esters (lactones) is 1. The van der Waals surface area contributed by atoms with E-state index in [0.717, 1.165) is 14.7 Å². The molecule has 4 nitrogen and oxygen atoms in total. The molecule has 1 aliphatic heterocycles. The van der Waals surface area contributed by atoms with E-state index >= 15 is 0 Å². The van der Waals surface area contributed by atoms with Crippen LogP contribution in [-0.4, -0.2) is 11.9 Å². The Hall–Kier alpha value is -2.64. The van der Waals surface area contributed by atoms with Gasteiger partial charge in [-0.1, -0.05) is 48.0 Å². The Morgan fingerprint density at radius 1 is 1.10 bits per heavy atom. The molecule has 3 aromatic rings. The molecule has 150 valence electrons. The molecular formula is C24H17ClINO3. The smallest absolute Gasteiger partial charge is 0.363 e. The van der Waals surface area contributed by atoms with Crippen LogP contribution in [0, 0.1) is 10.5 Å². The number of aryl methyl sites for hydroxylation is 1. The number of nitrogens with zero attached hydrogens (tertiary/aromatic N) is 1. The van der Waals surface area contributed by atoms with Crippen molar-refractivity contribution in [3.8, 4) is 5.75 Å². The van der Waals surface area contributed by atoms with Gasteiger partial charge < -0.3 is 9.47 Å². The lowest BCUT2D eigenvalue weighted by molar-refractivity contribution is -0.129. The summed E-state index contributed by atoms with van der Waals surface area (Å²) in [6, 6.07) is 21.1. The molecule has 30 heavy (non-hydrogen) atoms. The average molecular weight is 530 g/mol. The number of carbonyl (C=O) groups excluding carboxylic acids is 1. The SMILES string of the molecule is Cc1ccccc1COc1cccc(/C=C2\N=C(c3cc(I)ccc3Cl)OC2=O)c1. The van der Waals surface area contributed by atoms with E-state index in [1.54, 1.807) is 12.1 Å². The third-order valence-corrected chi connectivity index (χ3v) is 5.60. The van der Waals surface area contributed by atoms with Crippen molar-refractivity contribution < 1.29 is 14.3 Å². The summed E-state index contributed by atoms with van der Waals surface area (Å²) in [5.74, 6) is 0.414. The highest BCUT2D eigenvalue weighted by molar-refractivity contribution is 14.1. The number of hydrogen-bond acceptors (Lipinski definition) is 4. The number of esters is 1. The van der Waals surface area contributed by atoms with Crippen molar-refractivity contribution in [1.82, 2.24) is 0 Å². The lowest BCUT2D eigenvalue weighted by atomic mass is 10.1. The van der Waals surface area contributed by atoms with Crippen molar-refractivity contribution in [2.75, 3.05) is 0 Å². The maximum atomic E-state index is 12.3. The Balaban J connectivity index is 1.55. The van der Waals surface area contributed by atoms with Crippen molar-refractivity contribution in [2.24, 2.45) is 4.99 Å². The second-order valence-corrected chi connectivity index (χ2v) is 8.40. The van der Waals surface area contributed by atoms with Gasteiger partial charge in [-0.3, -0.25) is 0 Å². The van der Waals surface area contributed by atoms with E-state index in [1.807, 2.05) is 54.6 Å². The number of benzene rings is 3. The molecule has 0 spiro atoms. The van der Waals surface area contributed by atoms with Crippen molar-refractivity contribution in [1.29, 1.82) is 0 Å². The van der Waals surface area contributed by atoms with Gasteiger partial charge in [-0.2, -0.15) is 0 Å². The molecule has 3 aromatic carbocycles. The van der Waals surface area contributed by atoms with E-state index in [1.165, 1.54) is 5.56 Å². The Morgan fingerprint density at radius 3 is 2.77 bits per heavy atom. The van der Waals surface area contributed by atoms with Gasteiger partial charge in [0, 0.05) is 3.57 Å². The highest BCUT2D eigenvalue weighted by Crippen LogP contribution is 2.26. The van der Waals surface area contributed by atoms with Crippen LogP contribution in [0.25, 0.3) is 6.08 Å². The largest absolute Gasteiger partial charge is 0.489 e. The Morgan fingerprint density at radius 2 is 1.93 bits per heavy atom. The van der Waals surface area contributed by atoms with Gasteiger partial charge in [-0.25, -0.2) is 9.79 Å². The zero-order valence-electron chi connectivity index (χ0n) is 16.1. The minimum Gasteiger partial charge on any atom is -0.489 e. The lowest BCUT2D eigenvalue weighted by Gasteiger charge is -2.09. The summed E-state index contributed by atoms with van der Waals surface area (Å²) in [7, 11) is 0.